The maximum absolute atomic E-state index is 12.9. The number of imidazole rings is 1. The first kappa shape index (κ1) is 35.1. The molecule has 5 rings (SSSR count). The molecule has 4 aromatic carbocycles. The molecule has 0 bridgehead atoms. The molecular formula is C38H39Cl2N3O5. The molecule has 0 aliphatic carbocycles. The number of carbonyl (C=O) groups excluding carboxylic acids is 1. The highest BCUT2D eigenvalue weighted by atomic mass is 35.5. The molecule has 250 valence electrons. The first-order valence-corrected chi connectivity index (χ1v) is 16.5. The van der Waals surface area contributed by atoms with Crippen LogP contribution in [0, 0.1) is 0 Å². The number of Topliss-reactive ketones (excluding diaryl/α,β-unsaturated/α-hetero) is 1. The van der Waals surface area contributed by atoms with Crippen LogP contribution in [-0.4, -0.2) is 62.5 Å². The van der Waals surface area contributed by atoms with Crippen LogP contribution in [0.3, 0.4) is 0 Å². The van der Waals surface area contributed by atoms with E-state index < -0.39 is 0 Å². The summed E-state index contributed by atoms with van der Waals surface area (Å²) in [6, 6.07) is 28.8. The lowest BCUT2D eigenvalue weighted by atomic mass is 10.0. The maximum atomic E-state index is 12.9. The van der Waals surface area contributed by atoms with Crippen LogP contribution < -0.4 is 15.2 Å². The van der Waals surface area contributed by atoms with Gasteiger partial charge in [-0.2, -0.15) is 0 Å². The molecule has 0 unspecified atom stereocenters. The van der Waals surface area contributed by atoms with Gasteiger partial charge in [0.15, 0.2) is 5.78 Å². The zero-order valence-electron chi connectivity index (χ0n) is 27.1. The van der Waals surface area contributed by atoms with Gasteiger partial charge < -0.3 is 29.2 Å². The van der Waals surface area contributed by atoms with Crippen LogP contribution in [0.1, 0.15) is 28.8 Å². The van der Waals surface area contributed by atoms with Crippen LogP contribution in [0.5, 0.6) is 11.5 Å². The third kappa shape index (κ3) is 9.04. The van der Waals surface area contributed by atoms with Gasteiger partial charge in [-0.1, -0.05) is 71.7 Å². The van der Waals surface area contributed by atoms with E-state index >= 15 is 0 Å². The van der Waals surface area contributed by atoms with Crippen molar-refractivity contribution in [3.8, 4) is 45.4 Å². The minimum Gasteiger partial charge on any atom is -0.497 e. The van der Waals surface area contributed by atoms with Gasteiger partial charge >= 0.3 is 0 Å². The summed E-state index contributed by atoms with van der Waals surface area (Å²) in [4.78, 5) is 18.2. The van der Waals surface area contributed by atoms with Crippen molar-refractivity contribution >= 4 is 29.0 Å². The lowest BCUT2D eigenvalue weighted by Crippen LogP contribution is -2.12. The van der Waals surface area contributed by atoms with E-state index in [9.17, 15) is 4.79 Å². The Morgan fingerprint density at radius 2 is 1.31 bits per heavy atom. The van der Waals surface area contributed by atoms with E-state index in [2.05, 4.69) is 4.57 Å². The summed E-state index contributed by atoms with van der Waals surface area (Å²) in [5.41, 5.74) is 11.4. The lowest BCUT2D eigenvalue weighted by Gasteiger charge is -2.15. The van der Waals surface area contributed by atoms with Crippen LogP contribution in [0.15, 0.2) is 91.0 Å². The first-order valence-electron chi connectivity index (χ1n) is 15.7. The van der Waals surface area contributed by atoms with E-state index in [4.69, 9.17) is 52.9 Å². The fourth-order valence-corrected chi connectivity index (χ4v) is 5.59. The van der Waals surface area contributed by atoms with Crippen LogP contribution in [0.25, 0.3) is 33.9 Å². The van der Waals surface area contributed by atoms with E-state index in [1.165, 1.54) is 0 Å². The Bertz CT molecular complexity index is 1770. The highest BCUT2D eigenvalue weighted by Gasteiger charge is 2.23. The lowest BCUT2D eigenvalue weighted by molar-refractivity contribution is 0.0489. The van der Waals surface area contributed by atoms with Crippen molar-refractivity contribution in [2.24, 2.45) is 5.73 Å². The Morgan fingerprint density at radius 1 is 0.729 bits per heavy atom. The summed E-state index contributed by atoms with van der Waals surface area (Å²) in [6.45, 7) is 2.96. The number of ether oxygens (including phenoxy) is 4. The zero-order chi connectivity index (χ0) is 33.9. The van der Waals surface area contributed by atoms with Crippen molar-refractivity contribution in [3.63, 3.8) is 0 Å². The van der Waals surface area contributed by atoms with Crippen molar-refractivity contribution in [1.29, 1.82) is 0 Å². The SMILES string of the molecule is COc1cc(OC)cc(-c2nc(-c3ccc(Cl)cc3)c(-c3ccc(Cl)cc3)n2Cc2ccc(C(=O)CCCOCCOCCN)cc2)c1. The molecule has 1 heterocycles. The molecule has 0 amide bonds. The van der Waals surface area contributed by atoms with Crippen molar-refractivity contribution in [3.05, 3.63) is 112 Å². The molecule has 0 radical (unpaired) electrons. The number of carbonyl (C=O) groups is 1. The molecule has 5 aromatic rings. The maximum Gasteiger partial charge on any atom is 0.162 e. The third-order valence-electron chi connectivity index (χ3n) is 7.76. The molecule has 0 atom stereocenters. The number of nitrogens with two attached hydrogens (primary N) is 1. The molecule has 0 spiro atoms. The number of benzene rings is 4. The van der Waals surface area contributed by atoms with Crippen LogP contribution in [-0.2, 0) is 16.0 Å². The summed E-state index contributed by atoms with van der Waals surface area (Å²) in [6.07, 6.45) is 1.04. The van der Waals surface area contributed by atoms with E-state index in [0.717, 1.165) is 39.5 Å². The minimum absolute atomic E-state index is 0.0724. The highest BCUT2D eigenvalue weighted by Crippen LogP contribution is 2.39. The van der Waals surface area contributed by atoms with E-state index in [-0.39, 0.29) is 5.78 Å². The third-order valence-corrected chi connectivity index (χ3v) is 8.26. The average molecular weight is 689 g/mol. The summed E-state index contributed by atoms with van der Waals surface area (Å²) < 4.78 is 24.3. The number of methoxy groups -OCH3 is 2. The number of rotatable bonds is 17. The molecule has 2 N–H and O–H groups in total. The first-order chi connectivity index (χ1) is 23.4. The number of hydrogen-bond donors (Lipinski definition) is 1. The highest BCUT2D eigenvalue weighted by molar-refractivity contribution is 6.31. The van der Waals surface area contributed by atoms with Gasteiger partial charge in [-0.25, -0.2) is 4.98 Å². The topological polar surface area (TPSA) is 97.8 Å². The molecule has 10 heteroatoms. The normalized spacial score (nSPS) is 11.1. The van der Waals surface area contributed by atoms with Crippen molar-refractivity contribution in [2.75, 3.05) is 47.2 Å². The Balaban J connectivity index is 1.49. The predicted octanol–water partition coefficient (Wildman–Crippen LogP) is 8.21. The van der Waals surface area contributed by atoms with Gasteiger partial charge in [0.25, 0.3) is 0 Å². The van der Waals surface area contributed by atoms with Gasteiger partial charge in [0, 0.05) is 64.5 Å². The largest absolute Gasteiger partial charge is 0.497 e. The summed E-state index contributed by atoms with van der Waals surface area (Å²) in [5.74, 6) is 2.08. The van der Waals surface area contributed by atoms with Crippen LogP contribution >= 0.6 is 23.2 Å². The number of aromatic nitrogens is 2. The second kappa shape index (κ2) is 17.3. The summed E-state index contributed by atoms with van der Waals surface area (Å²) >= 11 is 12.6. The van der Waals surface area contributed by atoms with Gasteiger partial charge in [0.1, 0.15) is 17.3 Å². The summed E-state index contributed by atoms with van der Waals surface area (Å²) in [5, 5.41) is 1.28. The Labute approximate surface area is 291 Å². The van der Waals surface area contributed by atoms with E-state index in [0.29, 0.717) is 79.5 Å². The van der Waals surface area contributed by atoms with Gasteiger partial charge in [0.05, 0.1) is 45.4 Å². The van der Waals surface area contributed by atoms with E-state index in [1.807, 2.05) is 91.0 Å². The quantitative estimate of drug-likeness (QED) is 0.0777. The molecule has 0 aliphatic rings. The van der Waals surface area contributed by atoms with E-state index in [1.54, 1.807) is 14.2 Å². The monoisotopic (exact) mass is 687 g/mol. The van der Waals surface area contributed by atoms with Crippen molar-refractivity contribution < 1.29 is 23.7 Å². The fourth-order valence-electron chi connectivity index (χ4n) is 5.34. The fraction of sp³-hybridized carbons (Fsp3) is 0.263. The number of halogens is 2. The van der Waals surface area contributed by atoms with Crippen LogP contribution in [0.4, 0.5) is 0 Å². The number of hydrogen-bond acceptors (Lipinski definition) is 7. The molecule has 0 saturated carbocycles. The minimum atomic E-state index is 0.0724. The van der Waals surface area contributed by atoms with Gasteiger partial charge in [0.2, 0.25) is 0 Å². The van der Waals surface area contributed by atoms with Crippen molar-refractivity contribution in [2.45, 2.75) is 19.4 Å². The second-order valence-corrected chi connectivity index (χ2v) is 11.9. The predicted molar refractivity (Wildman–Crippen MR) is 191 cm³/mol. The standard InChI is InChI=1S/C38H39Cl2N3O5/c1-45-33-22-30(23-34(24-33)46-2)38-42-36(28-9-13-31(39)14-10-28)37(29-11-15-32(40)16-12-29)43(38)25-26-5-7-27(8-6-26)35(44)4-3-18-47-20-21-48-19-17-41/h5-16,22-24H,3-4,17-21,25,41H2,1-2H3. The number of nitrogens with zero attached hydrogens (tertiary/aromatic N) is 2. The van der Waals surface area contributed by atoms with Gasteiger partial charge in [-0.3, -0.25) is 4.79 Å². The Kier molecular flexibility index (Phi) is 12.7. The molecular weight excluding hydrogens is 649 g/mol. The van der Waals surface area contributed by atoms with Crippen molar-refractivity contribution in [1.82, 2.24) is 9.55 Å². The Hall–Kier alpha value is -4.18. The smallest absolute Gasteiger partial charge is 0.162 e. The van der Waals surface area contributed by atoms with Gasteiger partial charge in [-0.15, -0.1) is 0 Å². The Morgan fingerprint density at radius 3 is 1.90 bits per heavy atom. The molecule has 8 nitrogen and oxygen atoms in total. The molecule has 48 heavy (non-hydrogen) atoms. The zero-order valence-corrected chi connectivity index (χ0v) is 28.6. The molecule has 1 aromatic heterocycles. The van der Waals surface area contributed by atoms with Gasteiger partial charge in [-0.05, 0) is 48.4 Å². The molecule has 0 saturated heterocycles. The van der Waals surface area contributed by atoms with Crippen LogP contribution in [0.2, 0.25) is 10.0 Å². The molecule has 0 fully saturated rings. The second-order valence-electron chi connectivity index (χ2n) is 11.1. The molecule has 0 aliphatic heterocycles. The average Bonchev–Trinajstić information content (AvgIpc) is 3.48. The number of ketones is 1. The summed E-state index contributed by atoms with van der Waals surface area (Å²) in [7, 11) is 3.25.